The zero-order valence-electron chi connectivity index (χ0n) is 12.3. The van der Waals surface area contributed by atoms with Gasteiger partial charge in [-0.2, -0.15) is 0 Å². The fraction of sp³-hybridized carbons (Fsp3) is 0.667. The lowest BCUT2D eigenvalue weighted by atomic mass is 10.1. The average Bonchev–Trinajstić information content (AvgIpc) is 2.84. The first-order valence-electron chi connectivity index (χ1n) is 7.26. The van der Waals surface area contributed by atoms with E-state index in [4.69, 9.17) is 5.11 Å². The Balaban J connectivity index is 2.45. The number of hydrogen-bond acceptors (Lipinski definition) is 3. The van der Waals surface area contributed by atoms with Gasteiger partial charge in [0.2, 0.25) is 5.91 Å². The fourth-order valence-electron chi connectivity index (χ4n) is 2.39. The number of amides is 1. The molecule has 0 saturated carbocycles. The second-order valence-electron chi connectivity index (χ2n) is 4.84. The van der Waals surface area contributed by atoms with E-state index >= 15 is 0 Å². The van der Waals surface area contributed by atoms with Crippen molar-refractivity contribution in [2.24, 2.45) is 0 Å². The molecule has 1 amide bonds. The molecule has 0 aliphatic carbocycles. The van der Waals surface area contributed by atoms with E-state index in [1.54, 1.807) is 11.3 Å². The number of hydrogen-bond donors (Lipinski definition) is 1. The van der Waals surface area contributed by atoms with Crippen LogP contribution in [0.5, 0.6) is 0 Å². The van der Waals surface area contributed by atoms with Gasteiger partial charge in [0.15, 0.2) is 0 Å². The molecule has 0 aliphatic rings. The van der Waals surface area contributed by atoms with Crippen LogP contribution in [0.15, 0.2) is 15.9 Å². The number of nitrogens with zero attached hydrogens (tertiary/aromatic N) is 1. The minimum absolute atomic E-state index is 0.0418. The molecule has 114 valence electrons. The summed E-state index contributed by atoms with van der Waals surface area (Å²) in [4.78, 5) is 15.5. The SMILES string of the molecule is CCC(CC)N(CCO)C(=O)CCCc1ccc(Br)s1. The third-order valence-electron chi connectivity index (χ3n) is 3.49. The van der Waals surface area contributed by atoms with Gasteiger partial charge in [-0.1, -0.05) is 13.8 Å². The minimum atomic E-state index is 0.0418. The molecule has 0 bridgehead atoms. The normalized spacial score (nSPS) is 11.1. The summed E-state index contributed by atoms with van der Waals surface area (Å²) in [6.07, 6.45) is 4.26. The van der Waals surface area contributed by atoms with Crippen LogP contribution in [0.1, 0.15) is 44.4 Å². The van der Waals surface area contributed by atoms with Crippen LogP contribution in [0.3, 0.4) is 0 Å². The van der Waals surface area contributed by atoms with E-state index in [0.717, 1.165) is 29.5 Å². The highest BCUT2D eigenvalue weighted by molar-refractivity contribution is 9.11. The Morgan fingerprint density at radius 2 is 2.10 bits per heavy atom. The van der Waals surface area contributed by atoms with Gasteiger partial charge in [-0.05, 0) is 53.7 Å². The maximum atomic E-state index is 12.3. The molecule has 0 aliphatic heterocycles. The Hall–Kier alpha value is -0.390. The van der Waals surface area contributed by atoms with Crippen LogP contribution < -0.4 is 0 Å². The summed E-state index contributed by atoms with van der Waals surface area (Å²) in [5.74, 6) is 0.170. The Bertz CT molecular complexity index is 404. The zero-order valence-corrected chi connectivity index (χ0v) is 14.7. The van der Waals surface area contributed by atoms with E-state index in [9.17, 15) is 4.79 Å². The first-order chi connectivity index (χ1) is 9.62. The summed E-state index contributed by atoms with van der Waals surface area (Å²) in [5, 5.41) is 9.13. The van der Waals surface area contributed by atoms with E-state index in [1.807, 2.05) is 11.0 Å². The molecule has 3 nitrogen and oxygen atoms in total. The number of carbonyl (C=O) groups excluding carboxylic acids is 1. The summed E-state index contributed by atoms with van der Waals surface area (Å²) in [6.45, 7) is 4.68. The number of halogens is 1. The minimum Gasteiger partial charge on any atom is -0.395 e. The van der Waals surface area contributed by atoms with Crippen molar-refractivity contribution in [1.29, 1.82) is 0 Å². The smallest absolute Gasteiger partial charge is 0.222 e. The predicted octanol–water partition coefficient (Wildman–Crippen LogP) is 3.84. The van der Waals surface area contributed by atoms with Gasteiger partial charge in [0, 0.05) is 23.9 Å². The first kappa shape index (κ1) is 17.7. The summed E-state index contributed by atoms with van der Waals surface area (Å²) in [6, 6.07) is 4.40. The van der Waals surface area contributed by atoms with Gasteiger partial charge in [-0.15, -0.1) is 11.3 Å². The Morgan fingerprint density at radius 3 is 2.60 bits per heavy atom. The molecule has 5 heteroatoms. The molecule has 20 heavy (non-hydrogen) atoms. The van der Waals surface area contributed by atoms with E-state index in [1.165, 1.54) is 4.88 Å². The summed E-state index contributed by atoms with van der Waals surface area (Å²) < 4.78 is 1.14. The molecule has 1 rings (SSSR count). The lowest BCUT2D eigenvalue weighted by Crippen LogP contribution is -2.41. The molecule has 0 saturated heterocycles. The lowest BCUT2D eigenvalue weighted by Gasteiger charge is -2.30. The first-order valence-corrected chi connectivity index (χ1v) is 8.87. The number of aryl methyl sites for hydroxylation is 1. The summed E-state index contributed by atoms with van der Waals surface area (Å²) in [7, 11) is 0. The summed E-state index contributed by atoms with van der Waals surface area (Å²) >= 11 is 5.18. The standard InChI is InChI=1S/C15H24BrNO2S/c1-3-12(4-2)17(10-11-18)15(19)7-5-6-13-8-9-14(16)20-13/h8-9,12,18H,3-7,10-11H2,1-2H3. The quantitative estimate of drug-likeness (QED) is 0.725. The molecule has 0 aromatic carbocycles. The number of aliphatic hydroxyl groups excluding tert-OH is 1. The van der Waals surface area contributed by atoms with Crippen molar-refractivity contribution >= 4 is 33.2 Å². The van der Waals surface area contributed by atoms with Crippen LogP contribution in [-0.4, -0.2) is 35.1 Å². The van der Waals surface area contributed by atoms with Gasteiger partial charge in [-0.25, -0.2) is 0 Å². The number of aliphatic hydroxyl groups is 1. The molecule has 1 aromatic rings. The molecular formula is C15H24BrNO2S. The van der Waals surface area contributed by atoms with Crippen LogP contribution in [0.4, 0.5) is 0 Å². The van der Waals surface area contributed by atoms with Gasteiger partial charge in [0.25, 0.3) is 0 Å². The second-order valence-corrected chi connectivity index (χ2v) is 7.39. The third kappa shape index (κ3) is 5.54. The van der Waals surface area contributed by atoms with Crippen molar-refractivity contribution in [3.63, 3.8) is 0 Å². The molecule has 1 heterocycles. The van der Waals surface area contributed by atoms with Crippen LogP contribution in [0.2, 0.25) is 0 Å². The molecule has 1 N–H and O–H groups in total. The van der Waals surface area contributed by atoms with Crippen LogP contribution >= 0.6 is 27.3 Å². The highest BCUT2D eigenvalue weighted by atomic mass is 79.9. The molecule has 0 unspecified atom stereocenters. The van der Waals surface area contributed by atoms with Gasteiger partial charge in [-0.3, -0.25) is 4.79 Å². The summed E-state index contributed by atoms with van der Waals surface area (Å²) in [5.41, 5.74) is 0. The fourth-order valence-corrected chi connectivity index (χ4v) is 3.92. The topological polar surface area (TPSA) is 40.5 Å². The predicted molar refractivity (Wildman–Crippen MR) is 88.1 cm³/mol. The Labute approximate surface area is 134 Å². The number of thiophene rings is 1. The molecule has 0 radical (unpaired) electrons. The van der Waals surface area contributed by atoms with E-state index in [2.05, 4.69) is 35.8 Å². The zero-order chi connectivity index (χ0) is 15.0. The van der Waals surface area contributed by atoms with Crippen molar-refractivity contribution in [2.45, 2.75) is 52.0 Å². The molecule has 1 aromatic heterocycles. The maximum Gasteiger partial charge on any atom is 0.222 e. The Morgan fingerprint density at radius 1 is 1.40 bits per heavy atom. The molecular weight excluding hydrogens is 338 g/mol. The van der Waals surface area contributed by atoms with Gasteiger partial charge >= 0.3 is 0 Å². The lowest BCUT2D eigenvalue weighted by molar-refractivity contribution is -0.134. The van der Waals surface area contributed by atoms with Crippen LogP contribution in [0, 0.1) is 0 Å². The van der Waals surface area contributed by atoms with E-state index in [0.29, 0.717) is 13.0 Å². The van der Waals surface area contributed by atoms with E-state index < -0.39 is 0 Å². The van der Waals surface area contributed by atoms with Gasteiger partial charge < -0.3 is 10.0 Å². The molecule has 0 atom stereocenters. The highest BCUT2D eigenvalue weighted by Gasteiger charge is 2.19. The van der Waals surface area contributed by atoms with Crippen LogP contribution in [-0.2, 0) is 11.2 Å². The molecule has 0 fully saturated rings. The van der Waals surface area contributed by atoms with Crippen molar-refractivity contribution in [1.82, 2.24) is 4.90 Å². The van der Waals surface area contributed by atoms with Crippen LogP contribution in [0.25, 0.3) is 0 Å². The van der Waals surface area contributed by atoms with Crippen molar-refractivity contribution in [3.05, 3.63) is 20.8 Å². The van der Waals surface area contributed by atoms with Crippen molar-refractivity contribution in [3.8, 4) is 0 Å². The maximum absolute atomic E-state index is 12.3. The third-order valence-corrected chi connectivity index (χ3v) is 5.17. The molecule has 0 spiro atoms. The largest absolute Gasteiger partial charge is 0.395 e. The Kier molecular flexibility index (Phi) is 8.41. The number of rotatable bonds is 9. The highest BCUT2D eigenvalue weighted by Crippen LogP contribution is 2.23. The van der Waals surface area contributed by atoms with Gasteiger partial charge in [0.05, 0.1) is 10.4 Å². The second kappa shape index (κ2) is 9.53. The van der Waals surface area contributed by atoms with Gasteiger partial charge in [0.1, 0.15) is 0 Å². The average molecular weight is 362 g/mol. The van der Waals surface area contributed by atoms with Crippen molar-refractivity contribution in [2.75, 3.05) is 13.2 Å². The monoisotopic (exact) mass is 361 g/mol. The number of carbonyl (C=O) groups is 1. The van der Waals surface area contributed by atoms with Crippen molar-refractivity contribution < 1.29 is 9.90 Å². The van der Waals surface area contributed by atoms with E-state index in [-0.39, 0.29) is 18.6 Å².